The van der Waals surface area contributed by atoms with Gasteiger partial charge in [-0.2, -0.15) is 0 Å². The zero-order chi connectivity index (χ0) is 12.7. The predicted octanol–water partition coefficient (Wildman–Crippen LogP) is 1.90. The monoisotopic (exact) mass is 241 g/mol. The van der Waals surface area contributed by atoms with Gasteiger partial charge in [0.15, 0.2) is 0 Å². The fraction of sp³-hybridized carbons (Fsp3) is 0.923. The van der Waals surface area contributed by atoms with Crippen molar-refractivity contribution in [2.75, 3.05) is 32.7 Å². The normalized spacial score (nSPS) is 20.4. The molecule has 0 saturated carbocycles. The molecule has 1 unspecified atom stereocenters. The van der Waals surface area contributed by atoms with Gasteiger partial charge in [0.05, 0.1) is 0 Å². The van der Waals surface area contributed by atoms with Gasteiger partial charge in [0, 0.05) is 26.2 Å². The van der Waals surface area contributed by atoms with E-state index in [1.165, 1.54) is 6.42 Å². The quantitative estimate of drug-likeness (QED) is 0.799. The summed E-state index contributed by atoms with van der Waals surface area (Å²) in [7, 11) is 0. The Hall–Kier alpha value is -0.770. The molecule has 0 aromatic rings. The summed E-state index contributed by atoms with van der Waals surface area (Å²) in [5, 5.41) is 0. The Balaban J connectivity index is 2.50. The van der Waals surface area contributed by atoms with Crippen molar-refractivity contribution in [2.24, 2.45) is 11.7 Å². The molecule has 1 atom stereocenters. The second kappa shape index (κ2) is 7.54. The lowest BCUT2D eigenvalue weighted by molar-refractivity contribution is 0.131. The van der Waals surface area contributed by atoms with E-state index in [4.69, 9.17) is 5.73 Å². The third kappa shape index (κ3) is 4.54. The summed E-state index contributed by atoms with van der Waals surface area (Å²) in [6.45, 7) is 8.49. The smallest absolute Gasteiger partial charge is 0.320 e. The molecule has 0 aromatic carbocycles. The summed E-state index contributed by atoms with van der Waals surface area (Å²) in [6, 6.07) is 0.215. The lowest BCUT2D eigenvalue weighted by Gasteiger charge is -2.35. The zero-order valence-corrected chi connectivity index (χ0v) is 11.3. The van der Waals surface area contributed by atoms with E-state index in [2.05, 4.69) is 13.8 Å². The molecule has 1 fully saturated rings. The molecule has 1 saturated heterocycles. The Labute approximate surface area is 105 Å². The van der Waals surface area contributed by atoms with Gasteiger partial charge in [-0.05, 0) is 38.1 Å². The molecule has 0 aromatic heterocycles. The Kier molecular flexibility index (Phi) is 6.34. The number of urea groups is 1. The maximum absolute atomic E-state index is 12.4. The van der Waals surface area contributed by atoms with E-state index in [-0.39, 0.29) is 6.03 Å². The largest absolute Gasteiger partial charge is 0.330 e. The molecular formula is C13H27N3O. The number of rotatable bonds is 5. The summed E-state index contributed by atoms with van der Waals surface area (Å²) < 4.78 is 0. The fourth-order valence-electron chi connectivity index (χ4n) is 2.42. The van der Waals surface area contributed by atoms with Crippen LogP contribution in [0.2, 0.25) is 0 Å². The maximum atomic E-state index is 12.4. The molecule has 1 rings (SSSR count). The summed E-state index contributed by atoms with van der Waals surface area (Å²) in [5.41, 5.74) is 5.52. The number of hydrogen-bond donors (Lipinski definition) is 1. The molecule has 1 aliphatic heterocycles. The molecule has 1 aliphatic rings. The first-order valence-electron chi connectivity index (χ1n) is 6.93. The van der Waals surface area contributed by atoms with E-state index in [0.29, 0.717) is 12.5 Å². The van der Waals surface area contributed by atoms with Crippen molar-refractivity contribution in [1.82, 2.24) is 9.80 Å². The van der Waals surface area contributed by atoms with Gasteiger partial charge >= 0.3 is 6.03 Å². The van der Waals surface area contributed by atoms with Crippen LogP contribution >= 0.6 is 0 Å². The highest BCUT2D eigenvalue weighted by Crippen LogP contribution is 2.17. The SMILES string of the molecule is CCCN(CCCN)C(=O)N1CCCC(C)C1. The van der Waals surface area contributed by atoms with Crippen molar-refractivity contribution >= 4 is 6.03 Å². The van der Waals surface area contributed by atoms with Crippen LogP contribution < -0.4 is 5.73 Å². The minimum absolute atomic E-state index is 0.215. The minimum atomic E-state index is 0.215. The van der Waals surface area contributed by atoms with Gasteiger partial charge < -0.3 is 15.5 Å². The Morgan fingerprint density at radius 3 is 2.82 bits per heavy atom. The molecule has 0 spiro atoms. The van der Waals surface area contributed by atoms with Gasteiger partial charge in [0.2, 0.25) is 0 Å². The van der Waals surface area contributed by atoms with E-state index >= 15 is 0 Å². The fourth-order valence-corrected chi connectivity index (χ4v) is 2.42. The first-order chi connectivity index (χ1) is 8.19. The van der Waals surface area contributed by atoms with Gasteiger partial charge in [0.1, 0.15) is 0 Å². The van der Waals surface area contributed by atoms with E-state index in [1.807, 2.05) is 9.80 Å². The van der Waals surface area contributed by atoms with Crippen molar-refractivity contribution in [2.45, 2.75) is 39.5 Å². The van der Waals surface area contributed by atoms with E-state index in [0.717, 1.165) is 45.4 Å². The topological polar surface area (TPSA) is 49.6 Å². The molecule has 4 nitrogen and oxygen atoms in total. The molecule has 17 heavy (non-hydrogen) atoms. The first-order valence-corrected chi connectivity index (χ1v) is 6.93. The van der Waals surface area contributed by atoms with Gasteiger partial charge in [-0.25, -0.2) is 4.79 Å². The Morgan fingerprint density at radius 2 is 2.24 bits per heavy atom. The third-order valence-corrected chi connectivity index (χ3v) is 3.32. The highest BCUT2D eigenvalue weighted by molar-refractivity contribution is 5.74. The predicted molar refractivity (Wildman–Crippen MR) is 70.9 cm³/mol. The van der Waals surface area contributed by atoms with Crippen LogP contribution in [-0.4, -0.2) is 48.6 Å². The van der Waals surface area contributed by atoms with Crippen LogP contribution in [0.15, 0.2) is 0 Å². The average Bonchev–Trinajstić information content (AvgIpc) is 2.33. The molecule has 100 valence electrons. The molecule has 1 heterocycles. The third-order valence-electron chi connectivity index (χ3n) is 3.32. The van der Waals surface area contributed by atoms with Crippen LogP contribution in [0.5, 0.6) is 0 Å². The Bertz CT molecular complexity index is 233. The summed E-state index contributed by atoms with van der Waals surface area (Å²) >= 11 is 0. The summed E-state index contributed by atoms with van der Waals surface area (Å²) in [6.07, 6.45) is 4.30. The average molecular weight is 241 g/mol. The van der Waals surface area contributed by atoms with Crippen molar-refractivity contribution in [3.05, 3.63) is 0 Å². The van der Waals surface area contributed by atoms with Gasteiger partial charge in [-0.15, -0.1) is 0 Å². The molecule has 2 N–H and O–H groups in total. The first kappa shape index (κ1) is 14.3. The number of amides is 2. The van der Waals surface area contributed by atoms with Crippen LogP contribution in [-0.2, 0) is 0 Å². The van der Waals surface area contributed by atoms with Gasteiger partial charge in [-0.1, -0.05) is 13.8 Å². The molecule has 2 amide bonds. The standard InChI is InChI=1S/C13H27N3O/c1-3-8-15(10-5-7-14)13(17)16-9-4-6-12(2)11-16/h12H,3-11,14H2,1-2H3. The Morgan fingerprint density at radius 1 is 1.47 bits per heavy atom. The lowest BCUT2D eigenvalue weighted by Crippen LogP contribution is -2.48. The van der Waals surface area contributed by atoms with Crippen molar-refractivity contribution in [3.63, 3.8) is 0 Å². The summed E-state index contributed by atoms with van der Waals surface area (Å²) in [4.78, 5) is 16.3. The minimum Gasteiger partial charge on any atom is -0.330 e. The van der Waals surface area contributed by atoms with Gasteiger partial charge in [-0.3, -0.25) is 0 Å². The highest BCUT2D eigenvalue weighted by atomic mass is 16.2. The van der Waals surface area contributed by atoms with Crippen LogP contribution in [0, 0.1) is 5.92 Å². The number of nitrogens with zero attached hydrogens (tertiary/aromatic N) is 2. The van der Waals surface area contributed by atoms with Crippen LogP contribution in [0.1, 0.15) is 39.5 Å². The summed E-state index contributed by atoms with van der Waals surface area (Å²) in [5.74, 6) is 0.644. The van der Waals surface area contributed by atoms with Crippen molar-refractivity contribution < 1.29 is 4.79 Å². The van der Waals surface area contributed by atoms with Crippen LogP contribution in [0.25, 0.3) is 0 Å². The van der Waals surface area contributed by atoms with Crippen molar-refractivity contribution in [3.8, 4) is 0 Å². The zero-order valence-electron chi connectivity index (χ0n) is 11.3. The van der Waals surface area contributed by atoms with Crippen LogP contribution in [0.3, 0.4) is 0 Å². The second-order valence-corrected chi connectivity index (χ2v) is 5.11. The van der Waals surface area contributed by atoms with E-state index < -0.39 is 0 Å². The molecule has 4 heteroatoms. The highest BCUT2D eigenvalue weighted by Gasteiger charge is 2.24. The number of carbonyl (C=O) groups is 1. The van der Waals surface area contributed by atoms with E-state index in [1.54, 1.807) is 0 Å². The lowest BCUT2D eigenvalue weighted by atomic mass is 10.0. The second-order valence-electron chi connectivity index (χ2n) is 5.11. The van der Waals surface area contributed by atoms with E-state index in [9.17, 15) is 4.79 Å². The number of likely N-dealkylation sites (tertiary alicyclic amines) is 1. The number of nitrogens with two attached hydrogens (primary N) is 1. The molecule has 0 aliphatic carbocycles. The number of piperidine rings is 1. The number of hydrogen-bond acceptors (Lipinski definition) is 2. The van der Waals surface area contributed by atoms with Crippen LogP contribution in [0.4, 0.5) is 4.79 Å². The van der Waals surface area contributed by atoms with Gasteiger partial charge in [0.25, 0.3) is 0 Å². The molecule has 0 radical (unpaired) electrons. The maximum Gasteiger partial charge on any atom is 0.320 e. The molecule has 0 bridgehead atoms. The molecular weight excluding hydrogens is 214 g/mol. The van der Waals surface area contributed by atoms with Crippen molar-refractivity contribution in [1.29, 1.82) is 0 Å². The number of carbonyl (C=O) groups excluding carboxylic acids is 1.